The molecule has 6 aromatic rings. The van der Waals surface area contributed by atoms with Crippen LogP contribution in [0.2, 0.25) is 0 Å². The molecule has 6 rings (SSSR count). The van der Waals surface area contributed by atoms with Crippen LogP contribution in [0.1, 0.15) is 17.3 Å². The highest BCUT2D eigenvalue weighted by Gasteiger charge is 2.21. The second-order valence-corrected chi connectivity index (χ2v) is 8.40. The molecular formula is C26H23N7O2. The first-order chi connectivity index (χ1) is 17.0. The Morgan fingerprint density at radius 2 is 1.86 bits per heavy atom. The van der Waals surface area contributed by atoms with E-state index in [2.05, 4.69) is 36.7 Å². The molecule has 0 fully saturated rings. The first kappa shape index (κ1) is 20.9. The number of hydrogen-bond donors (Lipinski definition) is 3. The molecule has 0 bridgehead atoms. The minimum atomic E-state index is 0.647. The number of aryl methyl sites for hydroxylation is 3. The topological polar surface area (TPSA) is 118 Å². The van der Waals surface area contributed by atoms with Gasteiger partial charge in [-0.2, -0.15) is 5.10 Å². The lowest BCUT2D eigenvalue weighted by atomic mass is 10.0. The van der Waals surface area contributed by atoms with E-state index >= 15 is 0 Å². The van der Waals surface area contributed by atoms with Crippen molar-refractivity contribution in [2.24, 2.45) is 0 Å². The Kier molecular flexibility index (Phi) is 4.77. The smallest absolute Gasteiger partial charge is 0.144 e. The van der Waals surface area contributed by atoms with E-state index in [1.807, 2.05) is 63.4 Å². The second-order valence-electron chi connectivity index (χ2n) is 8.40. The van der Waals surface area contributed by atoms with Gasteiger partial charge in [0.15, 0.2) is 0 Å². The van der Waals surface area contributed by atoms with Crippen LogP contribution in [0.5, 0.6) is 5.75 Å². The average molecular weight is 466 g/mol. The first-order valence-corrected chi connectivity index (χ1v) is 11.2. The third-order valence-electron chi connectivity index (χ3n) is 6.13. The monoisotopic (exact) mass is 465 g/mol. The maximum Gasteiger partial charge on any atom is 0.144 e. The SMILES string of the molecule is COc1cc2c(cc1-c1c(C)noc1C)[nH]c1nc(C)nc(Nc3c[nH]nc3-c3ccccc3)c12. The summed E-state index contributed by atoms with van der Waals surface area (Å²) in [6, 6.07) is 14.1. The summed E-state index contributed by atoms with van der Waals surface area (Å²) in [7, 11) is 1.66. The van der Waals surface area contributed by atoms with Gasteiger partial charge in [0.05, 0.1) is 29.4 Å². The molecule has 174 valence electrons. The summed E-state index contributed by atoms with van der Waals surface area (Å²) in [5, 5.41) is 16.8. The maximum absolute atomic E-state index is 5.79. The molecule has 0 saturated carbocycles. The zero-order valence-electron chi connectivity index (χ0n) is 19.7. The van der Waals surface area contributed by atoms with Crippen LogP contribution in [0.25, 0.3) is 44.3 Å². The molecular weight excluding hydrogens is 442 g/mol. The zero-order valence-corrected chi connectivity index (χ0v) is 19.7. The van der Waals surface area contributed by atoms with Crippen molar-refractivity contribution in [3.63, 3.8) is 0 Å². The molecule has 9 heteroatoms. The predicted octanol–water partition coefficient (Wildman–Crippen LogP) is 5.83. The average Bonchev–Trinajstić information content (AvgIpc) is 3.55. The third-order valence-corrected chi connectivity index (χ3v) is 6.13. The van der Waals surface area contributed by atoms with E-state index in [0.717, 1.165) is 61.5 Å². The number of rotatable bonds is 5. The van der Waals surface area contributed by atoms with E-state index in [-0.39, 0.29) is 0 Å². The number of fused-ring (bicyclic) bond motifs is 3. The van der Waals surface area contributed by atoms with Gasteiger partial charge in [-0.3, -0.25) is 5.10 Å². The Labute approximate surface area is 200 Å². The minimum absolute atomic E-state index is 0.647. The van der Waals surface area contributed by atoms with Crippen LogP contribution in [-0.2, 0) is 0 Å². The number of ether oxygens (including phenoxy) is 1. The van der Waals surface area contributed by atoms with Crippen molar-refractivity contribution in [3.8, 4) is 28.1 Å². The molecule has 2 aromatic carbocycles. The van der Waals surface area contributed by atoms with Crippen molar-refractivity contribution < 1.29 is 9.26 Å². The van der Waals surface area contributed by atoms with Crippen molar-refractivity contribution in [2.45, 2.75) is 20.8 Å². The van der Waals surface area contributed by atoms with Gasteiger partial charge in [-0.25, -0.2) is 9.97 Å². The summed E-state index contributed by atoms with van der Waals surface area (Å²) in [6.45, 7) is 5.70. The third kappa shape index (κ3) is 3.40. The van der Waals surface area contributed by atoms with E-state index in [4.69, 9.17) is 14.2 Å². The largest absolute Gasteiger partial charge is 0.496 e. The molecule has 9 nitrogen and oxygen atoms in total. The van der Waals surface area contributed by atoms with Crippen molar-refractivity contribution in [3.05, 3.63) is 65.9 Å². The number of nitrogens with zero attached hydrogens (tertiary/aromatic N) is 4. The van der Waals surface area contributed by atoms with E-state index < -0.39 is 0 Å². The molecule has 0 unspecified atom stereocenters. The number of aromatic nitrogens is 6. The summed E-state index contributed by atoms with van der Waals surface area (Å²) in [4.78, 5) is 12.9. The summed E-state index contributed by atoms with van der Waals surface area (Å²) in [5.41, 5.74) is 6.92. The normalized spacial score (nSPS) is 11.4. The fraction of sp³-hybridized carbons (Fsp3) is 0.154. The van der Waals surface area contributed by atoms with Crippen LogP contribution < -0.4 is 10.1 Å². The van der Waals surface area contributed by atoms with Crippen LogP contribution in [0.15, 0.2) is 53.2 Å². The number of aromatic amines is 2. The molecule has 0 saturated heterocycles. The lowest BCUT2D eigenvalue weighted by molar-refractivity contribution is 0.393. The van der Waals surface area contributed by atoms with Gasteiger partial charge in [0.1, 0.15) is 34.5 Å². The predicted molar refractivity (Wildman–Crippen MR) is 135 cm³/mol. The van der Waals surface area contributed by atoms with Gasteiger partial charge < -0.3 is 19.6 Å². The molecule has 35 heavy (non-hydrogen) atoms. The van der Waals surface area contributed by atoms with Crippen molar-refractivity contribution in [1.82, 2.24) is 30.3 Å². The molecule has 4 aromatic heterocycles. The number of anilines is 2. The second kappa shape index (κ2) is 7.98. The van der Waals surface area contributed by atoms with Crippen LogP contribution in [0.4, 0.5) is 11.5 Å². The van der Waals surface area contributed by atoms with Gasteiger partial charge in [-0.1, -0.05) is 35.5 Å². The summed E-state index contributed by atoms with van der Waals surface area (Å²) in [6.07, 6.45) is 1.83. The standard InChI is InChI=1S/C26H23N7O2/c1-13-22(14(2)35-33-13)18-10-19-17(11-21(18)34-4)23-25(30-19)28-15(3)29-26(23)31-20-12-27-32-24(20)16-8-6-5-7-9-16/h5-12H,1-4H3,(H,27,32)(H2,28,29,30,31). The Bertz CT molecular complexity index is 1680. The van der Waals surface area contributed by atoms with Gasteiger partial charge in [-0.15, -0.1) is 0 Å². The van der Waals surface area contributed by atoms with Crippen LogP contribution >= 0.6 is 0 Å². The fourth-order valence-corrected chi connectivity index (χ4v) is 4.59. The van der Waals surface area contributed by atoms with Gasteiger partial charge in [0.25, 0.3) is 0 Å². The highest BCUT2D eigenvalue weighted by molar-refractivity contribution is 6.13. The maximum atomic E-state index is 5.79. The van der Waals surface area contributed by atoms with Crippen molar-refractivity contribution in [2.75, 3.05) is 12.4 Å². The van der Waals surface area contributed by atoms with Crippen LogP contribution in [0.3, 0.4) is 0 Å². The first-order valence-electron chi connectivity index (χ1n) is 11.2. The highest BCUT2D eigenvalue weighted by atomic mass is 16.5. The summed E-state index contributed by atoms with van der Waals surface area (Å²) in [5.74, 6) is 2.79. The number of hydrogen-bond acceptors (Lipinski definition) is 7. The molecule has 3 N–H and O–H groups in total. The van der Waals surface area contributed by atoms with Crippen molar-refractivity contribution >= 4 is 33.4 Å². The van der Waals surface area contributed by atoms with Crippen molar-refractivity contribution in [1.29, 1.82) is 0 Å². The Morgan fingerprint density at radius 1 is 1.03 bits per heavy atom. The fourth-order valence-electron chi connectivity index (χ4n) is 4.59. The number of benzene rings is 2. The molecule has 0 aliphatic carbocycles. The zero-order chi connectivity index (χ0) is 24.1. The summed E-state index contributed by atoms with van der Waals surface area (Å²) < 4.78 is 11.2. The van der Waals surface area contributed by atoms with Crippen LogP contribution in [-0.4, -0.2) is 37.4 Å². The lowest BCUT2D eigenvalue weighted by Crippen LogP contribution is -1.99. The number of H-pyrrole nitrogens is 2. The van der Waals surface area contributed by atoms with Gasteiger partial charge in [0.2, 0.25) is 0 Å². The van der Waals surface area contributed by atoms with Crippen LogP contribution in [0, 0.1) is 20.8 Å². The Morgan fingerprint density at radius 3 is 2.60 bits per heavy atom. The van der Waals surface area contributed by atoms with Gasteiger partial charge >= 0.3 is 0 Å². The van der Waals surface area contributed by atoms with Gasteiger partial charge in [-0.05, 0) is 32.9 Å². The Balaban J connectivity index is 1.54. The molecule has 0 aliphatic heterocycles. The molecule has 0 aliphatic rings. The molecule has 0 amide bonds. The highest BCUT2D eigenvalue weighted by Crippen LogP contribution is 2.41. The lowest BCUT2D eigenvalue weighted by Gasteiger charge is -2.10. The van der Waals surface area contributed by atoms with E-state index in [1.165, 1.54) is 0 Å². The minimum Gasteiger partial charge on any atom is -0.496 e. The van der Waals surface area contributed by atoms with E-state index in [0.29, 0.717) is 17.4 Å². The number of methoxy groups -OCH3 is 1. The summed E-state index contributed by atoms with van der Waals surface area (Å²) >= 11 is 0. The quantitative estimate of drug-likeness (QED) is 0.293. The van der Waals surface area contributed by atoms with E-state index in [1.54, 1.807) is 7.11 Å². The molecule has 0 radical (unpaired) electrons. The molecule has 4 heterocycles. The van der Waals surface area contributed by atoms with E-state index in [9.17, 15) is 0 Å². The molecule has 0 spiro atoms. The Hall–Kier alpha value is -4.66. The van der Waals surface area contributed by atoms with Gasteiger partial charge in [0, 0.05) is 28.2 Å². The number of nitrogens with one attached hydrogen (secondary N) is 3. The molecule has 0 atom stereocenters.